The number of aromatic nitrogens is 3. The molecular formula is C41H43ClN8O11. The van der Waals surface area contributed by atoms with Gasteiger partial charge in [-0.25, -0.2) is 9.59 Å². The van der Waals surface area contributed by atoms with E-state index < -0.39 is 23.3 Å². The largest absolute Gasteiger partial charge is 0.493 e. The van der Waals surface area contributed by atoms with Crippen LogP contribution in [-0.2, 0) is 30.3 Å². The number of hydrogen-bond acceptors (Lipinski definition) is 16. The summed E-state index contributed by atoms with van der Waals surface area (Å²) < 4.78 is 35.3. The van der Waals surface area contributed by atoms with Crippen molar-refractivity contribution < 1.29 is 42.5 Å². The third kappa shape index (κ3) is 9.92. The molecule has 1 fully saturated rings. The SMILES string of the molecule is COc1ccc2c(Nc3c(Cl)cncc3-n3ccc(N)nc3=O)cc(=O)oc2c1OCCOCCOCCOCCCNc1cccc2c1CN(C1CCC(=O)NC1=O)C2=O. The second-order valence-electron chi connectivity index (χ2n) is 13.8. The minimum atomic E-state index is -0.685. The number of halogens is 1. The van der Waals surface area contributed by atoms with Gasteiger partial charge >= 0.3 is 11.3 Å². The van der Waals surface area contributed by atoms with Gasteiger partial charge in [-0.15, -0.1) is 0 Å². The van der Waals surface area contributed by atoms with Gasteiger partial charge < -0.3 is 49.4 Å². The van der Waals surface area contributed by atoms with Crippen LogP contribution in [0.5, 0.6) is 11.5 Å². The number of nitrogens with zero attached hydrogens (tertiary/aromatic N) is 4. The number of nitrogen functional groups attached to an aromatic ring is 1. The number of pyridine rings is 1. The van der Waals surface area contributed by atoms with Crippen molar-refractivity contribution in [3.05, 3.63) is 98.1 Å². The van der Waals surface area contributed by atoms with E-state index in [9.17, 15) is 24.0 Å². The summed E-state index contributed by atoms with van der Waals surface area (Å²) in [6, 6.07) is 10.9. The van der Waals surface area contributed by atoms with Crippen LogP contribution in [0.1, 0.15) is 35.2 Å². The quantitative estimate of drug-likeness (QED) is 0.0498. The van der Waals surface area contributed by atoms with Crippen molar-refractivity contribution in [3.63, 3.8) is 0 Å². The molecule has 1 atom stereocenters. The maximum Gasteiger partial charge on any atom is 0.354 e. The average Bonchev–Trinajstić information content (AvgIpc) is 3.57. The van der Waals surface area contributed by atoms with Gasteiger partial charge in [0.1, 0.15) is 18.5 Å². The Balaban J connectivity index is 0.822. The molecule has 0 saturated carbocycles. The normalized spacial score (nSPS) is 14.9. The maximum absolute atomic E-state index is 13.1. The number of fused-ring (bicyclic) bond motifs is 2. The summed E-state index contributed by atoms with van der Waals surface area (Å²) in [5, 5.41) is 9.48. The van der Waals surface area contributed by atoms with Gasteiger partial charge in [0.05, 0.1) is 68.4 Å². The number of carbonyl (C=O) groups is 3. The Morgan fingerprint density at radius 2 is 1.72 bits per heavy atom. The number of rotatable bonds is 20. The van der Waals surface area contributed by atoms with Gasteiger partial charge in [-0.3, -0.25) is 29.3 Å². The Bertz CT molecular complexity index is 2550. The fraction of sp³-hybridized carbons (Fsp3) is 0.341. The monoisotopic (exact) mass is 858 g/mol. The molecule has 5 heterocycles. The summed E-state index contributed by atoms with van der Waals surface area (Å²) in [6.07, 6.45) is 5.49. The smallest absolute Gasteiger partial charge is 0.354 e. The van der Waals surface area contributed by atoms with Crippen molar-refractivity contribution in [2.45, 2.75) is 31.8 Å². The molecule has 320 valence electrons. The van der Waals surface area contributed by atoms with Crippen molar-refractivity contribution in [3.8, 4) is 17.2 Å². The third-order valence-corrected chi connectivity index (χ3v) is 10.1. The van der Waals surface area contributed by atoms with Crippen LogP contribution >= 0.6 is 11.6 Å². The lowest BCUT2D eigenvalue weighted by Crippen LogP contribution is -2.52. The second kappa shape index (κ2) is 19.7. The summed E-state index contributed by atoms with van der Waals surface area (Å²) in [5.74, 6) is -0.400. The van der Waals surface area contributed by atoms with Crippen molar-refractivity contribution in [1.29, 1.82) is 0 Å². The van der Waals surface area contributed by atoms with Gasteiger partial charge in [0, 0.05) is 66.8 Å². The number of nitrogens with one attached hydrogen (secondary N) is 3. The molecule has 0 spiro atoms. The molecule has 1 unspecified atom stereocenters. The highest BCUT2D eigenvalue weighted by atomic mass is 35.5. The van der Waals surface area contributed by atoms with E-state index in [1.165, 1.54) is 47.3 Å². The molecule has 5 N–H and O–H groups in total. The molecule has 0 bridgehead atoms. The van der Waals surface area contributed by atoms with Crippen LogP contribution in [0.4, 0.5) is 22.9 Å². The highest BCUT2D eigenvalue weighted by molar-refractivity contribution is 6.33. The van der Waals surface area contributed by atoms with Crippen LogP contribution < -0.4 is 42.5 Å². The molecule has 2 aromatic carbocycles. The Hall–Kier alpha value is -6.54. The number of hydrogen-bond donors (Lipinski definition) is 4. The van der Waals surface area contributed by atoms with Gasteiger partial charge in [-0.2, -0.15) is 4.98 Å². The zero-order valence-corrected chi connectivity index (χ0v) is 33.8. The van der Waals surface area contributed by atoms with E-state index >= 15 is 0 Å². The Morgan fingerprint density at radius 3 is 2.48 bits per heavy atom. The van der Waals surface area contributed by atoms with Gasteiger partial charge in [-0.05, 0) is 43.2 Å². The first-order valence-corrected chi connectivity index (χ1v) is 19.8. The van der Waals surface area contributed by atoms with E-state index in [1.807, 2.05) is 6.07 Å². The molecule has 0 aliphatic carbocycles. The summed E-state index contributed by atoms with van der Waals surface area (Å²) in [6.45, 7) is 3.11. The molecule has 20 heteroatoms. The summed E-state index contributed by atoms with van der Waals surface area (Å²) in [4.78, 5) is 71.9. The fourth-order valence-electron chi connectivity index (χ4n) is 6.94. The summed E-state index contributed by atoms with van der Waals surface area (Å²) in [5.41, 5.74) is 7.53. The first-order valence-electron chi connectivity index (χ1n) is 19.4. The molecule has 3 amide bonds. The molecule has 61 heavy (non-hydrogen) atoms. The van der Waals surface area contributed by atoms with Crippen LogP contribution in [0.15, 0.2) is 75.1 Å². The van der Waals surface area contributed by atoms with Gasteiger partial charge in [0.25, 0.3) is 5.91 Å². The van der Waals surface area contributed by atoms with Crippen LogP contribution in [0.2, 0.25) is 5.02 Å². The predicted octanol–water partition coefficient (Wildman–Crippen LogP) is 3.41. The molecular weight excluding hydrogens is 816 g/mol. The van der Waals surface area contributed by atoms with Gasteiger partial charge in [0.2, 0.25) is 17.6 Å². The molecule has 3 aromatic heterocycles. The lowest BCUT2D eigenvalue weighted by molar-refractivity contribution is -0.136. The second-order valence-corrected chi connectivity index (χ2v) is 14.2. The zero-order valence-electron chi connectivity index (χ0n) is 33.1. The summed E-state index contributed by atoms with van der Waals surface area (Å²) in [7, 11) is 1.46. The van der Waals surface area contributed by atoms with E-state index in [2.05, 4.69) is 25.9 Å². The molecule has 7 rings (SSSR count). The molecule has 19 nitrogen and oxygen atoms in total. The summed E-state index contributed by atoms with van der Waals surface area (Å²) >= 11 is 6.53. The Labute approximate surface area is 353 Å². The number of amides is 3. The lowest BCUT2D eigenvalue weighted by Gasteiger charge is -2.29. The molecule has 5 aromatic rings. The van der Waals surface area contributed by atoms with Crippen LogP contribution in [0, 0.1) is 0 Å². The van der Waals surface area contributed by atoms with Crippen molar-refractivity contribution in [2.75, 3.05) is 76.3 Å². The van der Waals surface area contributed by atoms with E-state index in [1.54, 1.807) is 24.3 Å². The number of anilines is 4. The minimum absolute atomic E-state index is 0.0521. The highest BCUT2D eigenvalue weighted by Gasteiger charge is 2.39. The number of carbonyl (C=O) groups excluding carboxylic acids is 3. The van der Waals surface area contributed by atoms with E-state index in [4.69, 9.17) is 45.4 Å². The maximum atomic E-state index is 13.1. The number of methoxy groups -OCH3 is 1. The molecule has 2 aliphatic rings. The zero-order chi connectivity index (χ0) is 42.9. The van der Waals surface area contributed by atoms with E-state index in [0.29, 0.717) is 81.4 Å². The number of ether oxygens (including phenoxy) is 5. The predicted molar refractivity (Wildman–Crippen MR) is 223 cm³/mol. The van der Waals surface area contributed by atoms with Crippen molar-refractivity contribution in [2.24, 2.45) is 0 Å². The molecule has 0 radical (unpaired) electrons. The minimum Gasteiger partial charge on any atom is -0.493 e. The first-order chi connectivity index (χ1) is 29.6. The van der Waals surface area contributed by atoms with Crippen LogP contribution in [-0.4, -0.2) is 103 Å². The average molecular weight is 859 g/mol. The van der Waals surface area contributed by atoms with E-state index in [0.717, 1.165) is 11.3 Å². The molecule has 1 saturated heterocycles. The lowest BCUT2D eigenvalue weighted by atomic mass is 10.0. The van der Waals surface area contributed by atoms with Crippen molar-refractivity contribution in [1.82, 2.24) is 24.8 Å². The number of nitrogens with two attached hydrogens (primary N) is 1. The number of piperidine rings is 1. The van der Waals surface area contributed by atoms with Gasteiger partial charge in [-0.1, -0.05) is 17.7 Å². The number of benzene rings is 2. The number of imide groups is 1. The Kier molecular flexibility index (Phi) is 13.7. The van der Waals surface area contributed by atoms with E-state index in [-0.39, 0.29) is 65.0 Å². The standard InChI is InChI=1S/C41H43ClN8O11/c1-56-32-8-6-25-29(46-36-27(42)21-44-22-31(36)49-12-10-33(43)47-41(49)55)20-35(52)61-37(25)38(32)60-19-18-59-17-16-58-15-14-57-13-3-11-45-28-5-2-4-24-26(28)23-50(40(24)54)30-7-9-34(51)48-39(30)53/h2,4-6,8,10,12,20-22,30,45H,3,7,9,11,13-19,23H2,1H3,(H,44,46)(H2,43,47,55)(H,48,51,53). The van der Waals surface area contributed by atoms with Crippen LogP contribution in [0.3, 0.4) is 0 Å². The highest BCUT2D eigenvalue weighted by Crippen LogP contribution is 2.40. The van der Waals surface area contributed by atoms with Crippen LogP contribution in [0.25, 0.3) is 16.7 Å². The Morgan fingerprint density at radius 1 is 0.951 bits per heavy atom. The van der Waals surface area contributed by atoms with Crippen molar-refractivity contribution >= 4 is 63.2 Å². The third-order valence-electron chi connectivity index (χ3n) is 9.86. The van der Waals surface area contributed by atoms with Gasteiger partial charge in [0.15, 0.2) is 11.3 Å². The topological polar surface area (TPSA) is 241 Å². The fourth-order valence-corrected chi connectivity index (χ4v) is 7.14. The molecule has 2 aliphatic heterocycles. The first kappa shape index (κ1) is 42.6.